The van der Waals surface area contributed by atoms with E-state index in [0.29, 0.717) is 0 Å². The van der Waals surface area contributed by atoms with Crippen LogP contribution in [0.4, 0.5) is 4.39 Å². The second kappa shape index (κ2) is 6.83. The average molecular weight is 284 g/mol. The number of hydrogen-bond donors (Lipinski definition) is 1. The maximum Gasteiger partial charge on any atom is 0.123 e. The van der Waals surface area contributed by atoms with Gasteiger partial charge in [-0.05, 0) is 35.2 Å². The third kappa shape index (κ3) is 3.90. The van der Waals surface area contributed by atoms with E-state index in [1.54, 1.807) is 0 Å². The molecule has 1 saturated heterocycles. The van der Waals surface area contributed by atoms with Crippen LogP contribution in [-0.4, -0.2) is 37.6 Å². The highest BCUT2D eigenvalue weighted by Crippen LogP contribution is 2.21. The Morgan fingerprint density at radius 1 is 0.952 bits per heavy atom. The topological polar surface area (TPSA) is 15.3 Å². The Labute approximate surface area is 125 Å². The van der Waals surface area contributed by atoms with E-state index in [1.165, 1.54) is 17.7 Å². The van der Waals surface area contributed by atoms with Crippen LogP contribution >= 0.6 is 0 Å². The van der Waals surface area contributed by atoms with Crippen LogP contribution in [0.5, 0.6) is 0 Å². The molecule has 1 N–H and O–H groups in total. The molecule has 0 saturated carbocycles. The Bertz CT molecular complexity index is 574. The van der Waals surface area contributed by atoms with Gasteiger partial charge in [-0.2, -0.15) is 0 Å². The number of nitrogens with zero attached hydrogens (tertiary/aromatic N) is 1. The fourth-order valence-electron chi connectivity index (χ4n) is 2.77. The van der Waals surface area contributed by atoms with Gasteiger partial charge < -0.3 is 10.2 Å². The summed E-state index contributed by atoms with van der Waals surface area (Å²) in [5, 5.41) is 3.38. The molecule has 2 nitrogen and oxygen atoms in total. The quantitative estimate of drug-likeness (QED) is 0.928. The maximum atomic E-state index is 13.0. The van der Waals surface area contributed by atoms with Crippen molar-refractivity contribution in [2.24, 2.45) is 0 Å². The zero-order chi connectivity index (χ0) is 14.5. The summed E-state index contributed by atoms with van der Waals surface area (Å²) in [5.74, 6) is -0.186. The number of piperazine rings is 1. The summed E-state index contributed by atoms with van der Waals surface area (Å²) in [6, 6.07) is 15.3. The first-order chi connectivity index (χ1) is 10.3. The van der Waals surface area contributed by atoms with Gasteiger partial charge in [0.05, 0.1) is 0 Å². The number of rotatable bonds is 4. The van der Waals surface area contributed by atoms with E-state index in [9.17, 15) is 4.39 Å². The Kier molecular flexibility index (Phi) is 4.63. The van der Waals surface area contributed by atoms with E-state index in [-0.39, 0.29) is 5.82 Å². The Balaban J connectivity index is 1.66. The Morgan fingerprint density at radius 2 is 1.71 bits per heavy atom. The summed E-state index contributed by atoms with van der Waals surface area (Å²) in [6.07, 6.45) is 1.06. The summed E-state index contributed by atoms with van der Waals surface area (Å²) in [4.78, 5) is 2.50. The van der Waals surface area contributed by atoms with Crippen LogP contribution in [0.1, 0.15) is 5.56 Å². The molecule has 1 aliphatic heterocycles. The minimum absolute atomic E-state index is 0.186. The minimum atomic E-state index is -0.186. The van der Waals surface area contributed by atoms with Crippen LogP contribution < -0.4 is 5.32 Å². The van der Waals surface area contributed by atoms with Gasteiger partial charge in [0.1, 0.15) is 5.82 Å². The number of nitrogens with one attached hydrogen (secondary N) is 1. The zero-order valence-corrected chi connectivity index (χ0v) is 12.2. The second-order valence-corrected chi connectivity index (χ2v) is 5.55. The molecule has 0 bridgehead atoms. The van der Waals surface area contributed by atoms with Crippen molar-refractivity contribution in [1.82, 2.24) is 10.2 Å². The largest absolute Gasteiger partial charge is 0.314 e. The van der Waals surface area contributed by atoms with Gasteiger partial charge in [0.15, 0.2) is 0 Å². The normalized spacial score (nSPS) is 16.0. The van der Waals surface area contributed by atoms with Gasteiger partial charge in [-0.15, -0.1) is 0 Å². The monoisotopic (exact) mass is 284 g/mol. The number of halogens is 1. The molecule has 21 heavy (non-hydrogen) atoms. The van der Waals surface area contributed by atoms with Crippen LogP contribution in [0.2, 0.25) is 0 Å². The van der Waals surface area contributed by atoms with Gasteiger partial charge in [0, 0.05) is 32.7 Å². The molecule has 0 amide bonds. The van der Waals surface area contributed by atoms with E-state index in [0.717, 1.165) is 50.3 Å². The molecule has 0 radical (unpaired) electrons. The Morgan fingerprint density at radius 3 is 2.48 bits per heavy atom. The standard InChI is InChI=1S/C18H21FN2/c19-18-6-4-16(5-7-18)17-3-1-2-15(14-17)8-11-21-12-9-20-10-13-21/h1-7,14,20H,8-13H2. The van der Waals surface area contributed by atoms with E-state index < -0.39 is 0 Å². The highest BCUT2D eigenvalue weighted by molar-refractivity contribution is 5.64. The average Bonchev–Trinajstić information content (AvgIpc) is 2.55. The molecule has 2 aromatic rings. The third-order valence-corrected chi connectivity index (χ3v) is 4.03. The molecular weight excluding hydrogens is 263 g/mol. The van der Waals surface area contributed by atoms with E-state index >= 15 is 0 Å². The fourth-order valence-corrected chi connectivity index (χ4v) is 2.77. The zero-order valence-electron chi connectivity index (χ0n) is 12.2. The summed E-state index contributed by atoms with van der Waals surface area (Å²) in [6.45, 7) is 5.56. The first-order valence-electron chi connectivity index (χ1n) is 7.59. The van der Waals surface area contributed by atoms with Gasteiger partial charge in [0.25, 0.3) is 0 Å². The minimum Gasteiger partial charge on any atom is -0.314 e. The van der Waals surface area contributed by atoms with Crippen LogP contribution in [-0.2, 0) is 6.42 Å². The predicted octanol–water partition coefficient (Wildman–Crippen LogP) is 2.94. The van der Waals surface area contributed by atoms with Crippen molar-refractivity contribution in [3.05, 3.63) is 59.9 Å². The molecule has 3 rings (SSSR count). The molecule has 3 heteroatoms. The van der Waals surface area contributed by atoms with Gasteiger partial charge in [-0.3, -0.25) is 0 Å². The van der Waals surface area contributed by atoms with Crippen molar-refractivity contribution in [3.8, 4) is 11.1 Å². The summed E-state index contributed by atoms with van der Waals surface area (Å²) >= 11 is 0. The lowest BCUT2D eigenvalue weighted by atomic mass is 10.0. The molecule has 0 spiro atoms. The molecule has 2 aromatic carbocycles. The summed E-state index contributed by atoms with van der Waals surface area (Å²) < 4.78 is 13.0. The molecule has 0 aromatic heterocycles. The molecule has 0 atom stereocenters. The fraction of sp³-hybridized carbons (Fsp3) is 0.333. The first kappa shape index (κ1) is 14.2. The number of benzene rings is 2. The van der Waals surface area contributed by atoms with Crippen molar-refractivity contribution < 1.29 is 4.39 Å². The smallest absolute Gasteiger partial charge is 0.123 e. The molecule has 1 fully saturated rings. The van der Waals surface area contributed by atoms with Crippen molar-refractivity contribution in [2.45, 2.75) is 6.42 Å². The molecule has 0 aliphatic carbocycles. The SMILES string of the molecule is Fc1ccc(-c2cccc(CCN3CCNCC3)c2)cc1. The molecular formula is C18H21FN2. The maximum absolute atomic E-state index is 13.0. The van der Waals surface area contributed by atoms with Crippen molar-refractivity contribution in [2.75, 3.05) is 32.7 Å². The van der Waals surface area contributed by atoms with Gasteiger partial charge in [0.2, 0.25) is 0 Å². The molecule has 1 heterocycles. The second-order valence-electron chi connectivity index (χ2n) is 5.55. The molecule has 110 valence electrons. The van der Waals surface area contributed by atoms with Crippen molar-refractivity contribution >= 4 is 0 Å². The van der Waals surface area contributed by atoms with Crippen molar-refractivity contribution in [3.63, 3.8) is 0 Å². The van der Waals surface area contributed by atoms with E-state index in [4.69, 9.17) is 0 Å². The van der Waals surface area contributed by atoms with E-state index in [2.05, 4.69) is 34.5 Å². The van der Waals surface area contributed by atoms with Crippen LogP contribution in [0, 0.1) is 5.82 Å². The van der Waals surface area contributed by atoms with Crippen LogP contribution in [0.3, 0.4) is 0 Å². The van der Waals surface area contributed by atoms with Gasteiger partial charge in [-0.1, -0.05) is 36.4 Å². The predicted molar refractivity (Wildman–Crippen MR) is 84.8 cm³/mol. The lowest BCUT2D eigenvalue weighted by Crippen LogP contribution is -2.44. The lowest BCUT2D eigenvalue weighted by Gasteiger charge is -2.27. The number of hydrogen-bond acceptors (Lipinski definition) is 2. The third-order valence-electron chi connectivity index (χ3n) is 4.03. The van der Waals surface area contributed by atoms with Crippen LogP contribution in [0.15, 0.2) is 48.5 Å². The van der Waals surface area contributed by atoms with Crippen molar-refractivity contribution in [1.29, 1.82) is 0 Å². The summed E-state index contributed by atoms with van der Waals surface area (Å²) in [5.41, 5.74) is 3.57. The summed E-state index contributed by atoms with van der Waals surface area (Å²) in [7, 11) is 0. The highest BCUT2D eigenvalue weighted by Gasteiger charge is 2.09. The lowest BCUT2D eigenvalue weighted by molar-refractivity contribution is 0.244. The molecule has 1 aliphatic rings. The van der Waals surface area contributed by atoms with Gasteiger partial charge in [-0.25, -0.2) is 4.39 Å². The first-order valence-corrected chi connectivity index (χ1v) is 7.59. The van der Waals surface area contributed by atoms with E-state index in [1.807, 2.05) is 12.1 Å². The van der Waals surface area contributed by atoms with Crippen LogP contribution in [0.25, 0.3) is 11.1 Å². The molecule has 0 unspecified atom stereocenters. The Hall–Kier alpha value is -1.71. The van der Waals surface area contributed by atoms with Gasteiger partial charge >= 0.3 is 0 Å². The highest BCUT2D eigenvalue weighted by atomic mass is 19.1.